The zero-order valence-corrected chi connectivity index (χ0v) is 17.6. The van der Waals surface area contributed by atoms with Crippen molar-refractivity contribution in [2.45, 2.75) is 6.54 Å². The van der Waals surface area contributed by atoms with Crippen LogP contribution in [0.4, 0.5) is 5.69 Å². The van der Waals surface area contributed by atoms with Gasteiger partial charge in [0.25, 0.3) is 5.91 Å². The first-order chi connectivity index (χ1) is 14.3. The van der Waals surface area contributed by atoms with Crippen LogP contribution in [0.1, 0.15) is 15.5 Å². The lowest BCUT2D eigenvalue weighted by Crippen LogP contribution is -2.45. The maximum atomic E-state index is 12.4. The molecule has 4 rings (SSSR count). The van der Waals surface area contributed by atoms with Crippen LogP contribution in [0.5, 0.6) is 0 Å². The standard InChI is InChI=1S/C21H29N5O2S/c27-21(22-6-7-24-12-14-28-15-13-24)19-17-29-20(23-19)16-25-8-10-26(11-9-25)18-4-2-1-3-5-18/h1-5,17H,6-16H2,(H,22,27). The van der Waals surface area contributed by atoms with Gasteiger partial charge in [0.15, 0.2) is 0 Å². The number of amides is 1. The average molecular weight is 416 g/mol. The smallest absolute Gasteiger partial charge is 0.270 e. The number of aromatic nitrogens is 1. The predicted octanol–water partition coefficient (Wildman–Crippen LogP) is 1.53. The van der Waals surface area contributed by atoms with Crippen LogP contribution in [0.25, 0.3) is 0 Å². The lowest BCUT2D eigenvalue weighted by Gasteiger charge is -2.35. The van der Waals surface area contributed by atoms with Gasteiger partial charge in [0.2, 0.25) is 0 Å². The van der Waals surface area contributed by atoms with Crippen molar-refractivity contribution in [1.29, 1.82) is 0 Å². The minimum atomic E-state index is -0.0744. The number of carbonyl (C=O) groups excluding carboxylic acids is 1. The van der Waals surface area contributed by atoms with Crippen LogP contribution in [0, 0.1) is 0 Å². The van der Waals surface area contributed by atoms with Crippen molar-refractivity contribution in [3.8, 4) is 0 Å². The molecule has 1 N–H and O–H groups in total. The van der Waals surface area contributed by atoms with E-state index in [1.54, 1.807) is 11.3 Å². The molecule has 1 aromatic heterocycles. The number of nitrogens with zero attached hydrogens (tertiary/aromatic N) is 4. The Kier molecular flexibility index (Phi) is 7.10. The van der Waals surface area contributed by atoms with Gasteiger partial charge < -0.3 is 15.0 Å². The summed E-state index contributed by atoms with van der Waals surface area (Å²) in [5, 5.41) is 5.87. The summed E-state index contributed by atoms with van der Waals surface area (Å²) in [5.41, 5.74) is 1.83. The molecule has 2 saturated heterocycles. The Labute approximate surface area is 176 Å². The summed E-state index contributed by atoms with van der Waals surface area (Å²) in [4.78, 5) is 24.1. The van der Waals surface area contributed by atoms with Gasteiger partial charge in [-0.05, 0) is 12.1 Å². The molecule has 2 aliphatic rings. The number of anilines is 1. The van der Waals surface area contributed by atoms with Crippen molar-refractivity contribution < 1.29 is 9.53 Å². The van der Waals surface area contributed by atoms with Gasteiger partial charge in [-0.3, -0.25) is 14.6 Å². The molecular formula is C21H29N5O2S. The number of hydrogen-bond acceptors (Lipinski definition) is 7. The Hall–Kier alpha value is -2.00. The second-order valence-electron chi connectivity index (χ2n) is 7.44. The highest BCUT2D eigenvalue weighted by Crippen LogP contribution is 2.18. The Morgan fingerprint density at radius 3 is 2.55 bits per heavy atom. The van der Waals surface area contributed by atoms with E-state index in [9.17, 15) is 4.79 Å². The minimum absolute atomic E-state index is 0.0744. The number of ether oxygens (including phenoxy) is 1. The maximum Gasteiger partial charge on any atom is 0.270 e. The van der Waals surface area contributed by atoms with Crippen molar-refractivity contribution in [3.63, 3.8) is 0 Å². The normalized spacial score (nSPS) is 18.7. The summed E-state index contributed by atoms with van der Waals surface area (Å²) in [7, 11) is 0. The number of rotatable bonds is 7. The van der Waals surface area contributed by atoms with E-state index in [-0.39, 0.29) is 5.91 Å². The third-order valence-corrected chi connectivity index (χ3v) is 6.29. The molecule has 1 amide bonds. The van der Waals surface area contributed by atoms with Crippen molar-refractivity contribution in [1.82, 2.24) is 20.1 Å². The molecular weight excluding hydrogens is 386 g/mol. The number of benzene rings is 1. The second-order valence-corrected chi connectivity index (χ2v) is 8.38. The predicted molar refractivity (Wildman–Crippen MR) is 116 cm³/mol. The molecule has 2 fully saturated rings. The van der Waals surface area contributed by atoms with Gasteiger partial charge in [0.05, 0.1) is 19.8 Å². The van der Waals surface area contributed by atoms with Crippen molar-refractivity contribution >= 4 is 22.9 Å². The van der Waals surface area contributed by atoms with E-state index in [1.165, 1.54) is 5.69 Å². The number of morpholine rings is 1. The molecule has 0 aliphatic carbocycles. The largest absolute Gasteiger partial charge is 0.379 e. The molecule has 0 unspecified atom stereocenters. The molecule has 8 heteroatoms. The zero-order valence-electron chi connectivity index (χ0n) is 16.8. The van der Waals surface area contributed by atoms with E-state index in [4.69, 9.17) is 4.74 Å². The Balaban J connectivity index is 1.19. The van der Waals surface area contributed by atoms with E-state index in [1.807, 2.05) is 5.38 Å². The highest BCUT2D eigenvalue weighted by atomic mass is 32.1. The second kappa shape index (κ2) is 10.2. The molecule has 7 nitrogen and oxygen atoms in total. The fraction of sp³-hybridized carbons (Fsp3) is 0.524. The first-order valence-electron chi connectivity index (χ1n) is 10.3. The first-order valence-corrected chi connectivity index (χ1v) is 11.2. The molecule has 0 atom stereocenters. The Morgan fingerprint density at radius 1 is 1.03 bits per heavy atom. The highest BCUT2D eigenvalue weighted by Gasteiger charge is 2.19. The van der Waals surface area contributed by atoms with Gasteiger partial charge in [-0.2, -0.15) is 0 Å². The van der Waals surface area contributed by atoms with Gasteiger partial charge in [0, 0.05) is 63.4 Å². The van der Waals surface area contributed by atoms with Crippen LogP contribution >= 0.6 is 11.3 Å². The quantitative estimate of drug-likeness (QED) is 0.740. The molecule has 3 heterocycles. The molecule has 0 radical (unpaired) electrons. The van der Waals surface area contributed by atoms with Gasteiger partial charge in [-0.25, -0.2) is 4.98 Å². The fourth-order valence-electron chi connectivity index (χ4n) is 3.72. The summed E-state index contributed by atoms with van der Waals surface area (Å²) in [6.45, 7) is 9.81. The van der Waals surface area contributed by atoms with E-state index in [2.05, 4.69) is 55.3 Å². The first kappa shape index (κ1) is 20.3. The highest BCUT2D eigenvalue weighted by molar-refractivity contribution is 7.09. The maximum absolute atomic E-state index is 12.4. The third kappa shape index (κ3) is 5.76. The summed E-state index contributed by atoms with van der Waals surface area (Å²) in [6.07, 6.45) is 0. The zero-order chi connectivity index (χ0) is 19.9. The molecule has 0 saturated carbocycles. The number of piperazine rings is 1. The molecule has 1 aromatic carbocycles. The van der Waals surface area contributed by atoms with Crippen LogP contribution in [0.2, 0.25) is 0 Å². The molecule has 2 aliphatic heterocycles. The third-order valence-electron chi connectivity index (χ3n) is 5.45. The van der Waals surface area contributed by atoms with Gasteiger partial charge in [-0.1, -0.05) is 18.2 Å². The van der Waals surface area contributed by atoms with E-state index in [0.29, 0.717) is 12.2 Å². The van der Waals surface area contributed by atoms with Gasteiger partial charge >= 0.3 is 0 Å². The molecule has 0 spiro atoms. The van der Waals surface area contributed by atoms with E-state index < -0.39 is 0 Å². The van der Waals surface area contributed by atoms with Crippen LogP contribution < -0.4 is 10.2 Å². The molecule has 156 valence electrons. The summed E-state index contributed by atoms with van der Waals surface area (Å²) in [5.74, 6) is -0.0744. The summed E-state index contributed by atoms with van der Waals surface area (Å²) < 4.78 is 5.35. The monoisotopic (exact) mass is 415 g/mol. The Bertz CT molecular complexity index is 770. The van der Waals surface area contributed by atoms with E-state index in [0.717, 1.165) is 70.6 Å². The lowest BCUT2D eigenvalue weighted by molar-refractivity contribution is 0.0383. The summed E-state index contributed by atoms with van der Waals surface area (Å²) >= 11 is 1.58. The fourth-order valence-corrected chi connectivity index (χ4v) is 4.54. The minimum Gasteiger partial charge on any atom is -0.379 e. The van der Waals surface area contributed by atoms with Crippen LogP contribution in [-0.2, 0) is 11.3 Å². The average Bonchev–Trinajstić information content (AvgIpc) is 3.24. The van der Waals surface area contributed by atoms with Crippen LogP contribution in [0.15, 0.2) is 35.7 Å². The van der Waals surface area contributed by atoms with E-state index >= 15 is 0 Å². The van der Waals surface area contributed by atoms with Crippen LogP contribution in [0.3, 0.4) is 0 Å². The van der Waals surface area contributed by atoms with Crippen molar-refractivity contribution in [2.24, 2.45) is 0 Å². The Morgan fingerprint density at radius 2 is 1.79 bits per heavy atom. The molecule has 2 aromatic rings. The number of para-hydroxylation sites is 1. The lowest BCUT2D eigenvalue weighted by atomic mass is 10.2. The topological polar surface area (TPSA) is 60.9 Å². The SMILES string of the molecule is O=C(NCCN1CCOCC1)c1csc(CN2CCN(c3ccccc3)CC2)n1. The van der Waals surface area contributed by atoms with Crippen LogP contribution in [-0.4, -0.2) is 86.3 Å². The van der Waals surface area contributed by atoms with Gasteiger partial charge in [0.1, 0.15) is 10.7 Å². The summed E-state index contributed by atoms with van der Waals surface area (Å²) in [6, 6.07) is 10.6. The molecule has 0 bridgehead atoms. The number of nitrogens with one attached hydrogen (secondary N) is 1. The van der Waals surface area contributed by atoms with Crippen molar-refractivity contribution in [2.75, 3.05) is 70.5 Å². The number of hydrogen-bond donors (Lipinski definition) is 1. The molecule has 29 heavy (non-hydrogen) atoms. The number of thiazole rings is 1. The van der Waals surface area contributed by atoms with Crippen molar-refractivity contribution in [3.05, 3.63) is 46.4 Å². The van der Waals surface area contributed by atoms with Gasteiger partial charge in [-0.15, -0.1) is 11.3 Å². The number of carbonyl (C=O) groups is 1.